The Bertz CT molecular complexity index is 879. The van der Waals surface area contributed by atoms with Crippen LogP contribution in [0.3, 0.4) is 0 Å². The van der Waals surface area contributed by atoms with E-state index in [1.54, 1.807) is 38.4 Å². The number of rotatable bonds is 9. The van der Waals surface area contributed by atoms with Gasteiger partial charge in [-0.3, -0.25) is 9.59 Å². The first-order valence-electron chi connectivity index (χ1n) is 9.64. The van der Waals surface area contributed by atoms with Crippen molar-refractivity contribution in [2.24, 2.45) is 0 Å². The van der Waals surface area contributed by atoms with E-state index in [9.17, 15) is 9.59 Å². The van der Waals surface area contributed by atoms with Crippen molar-refractivity contribution >= 4 is 29.3 Å². The molecule has 9 heteroatoms. The van der Waals surface area contributed by atoms with Crippen molar-refractivity contribution in [3.63, 3.8) is 0 Å². The summed E-state index contributed by atoms with van der Waals surface area (Å²) in [5.74, 6) is 1.73. The number of aromatic nitrogens is 3. The number of anilines is 1. The molecule has 8 nitrogen and oxygen atoms in total. The van der Waals surface area contributed by atoms with Gasteiger partial charge in [-0.05, 0) is 25.0 Å². The van der Waals surface area contributed by atoms with Crippen LogP contribution < -0.4 is 10.1 Å². The van der Waals surface area contributed by atoms with Crippen LogP contribution in [0.4, 0.5) is 5.69 Å². The van der Waals surface area contributed by atoms with Crippen molar-refractivity contribution in [2.75, 3.05) is 31.8 Å². The molecule has 29 heavy (non-hydrogen) atoms. The number of carbonyl (C=O) groups excluding carboxylic acids is 2. The van der Waals surface area contributed by atoms with E-state index >= 15 is 0 Å². The van der Waals surface area contributed by atoms with E-state index in [2.05, 4.69) is 33.9 Å². The first kappa shape index (κ1) is 21.2. The van der Waals surface area contributed by atoms with E-state index in [0.29, 0.717) is 17.5 Å². The second kappa shape index (κ2) is 9.30. The summed E-state index contributed by atoms with van der Waals surface area (Å²) in [4.78, 5) is 26.2. The fourth-order valence-electron chi connectivity index (χ4n) is 2.90. The Balaban J connectivity index is 1.52. The van der Waals surface area contributed by atoms with Crippen LogP contribution in [-0.2, 0) is 9.59 Å². The molecule has 3 rings (SSSR count). The molecular weight excluding hydrogens is 390 g/mol. The van der Waals surface area contributed by atoms with Crippen LogP contribution in [0, 0.1) is 0 Å². The number of hydrogen-bond acceptors (Lipinski definition) is 6. The van der Waals surface area contributed by atoms with Gasteiger partial charge in [-0.15, -0.1) is 10.2 Å². The predicted octanol–water partition coefficient (Wildman–Crippen LogP) is 2.93. The summed E-state index contributed by atoms with van der Waals surface area (Å²) in [6.07, 6.45) is 2.26. The summed E-state index contributed by atoms with van der Waals surface area (Å²) in [6.45, 7) is 4.16. The zero-order valence-electron chi connectivity index (χ0n) is 17.2. The molecule has 1 aromatic heterocycles. The largest absolute Gasteiger partial charge is 0.497 e. The molecule has 0 saturated heterocycles. The minimum atomic E-state index is -0.262. The van der Waals surface area contributed by atoms with Gasteiger partial charge in [0.25, 0.3) is 0 Å². The maximum absolute atomic E-state index is 12.5. The highest BCUT2D eigenvalue weighted by Crippen LogP contribution is 2.40. The minimum absolute atomic E-state index is 0.0246. The van der Waals surface area contributed by atoms with E-state index < -0.39 is 0 Å². The molecule has 1 aliphatic rings. The van der Waals surface area contributed by atoms with E-state index in [1.807, 2.05) is 0 Å². The van der Waals surface area contributed by atoms with Gasteiger partial charge in [-0.25, -0.2) is 0 Å². The fourth-order valence-corrected chi connectivity index (χ4v) is 3.85. The molecule has 156 valence electrons. The standard InChI is InChI=1S/C20H27N5O3S/c1-13(2)19-22-23-20(25(19)15-8-9-15)29-12-18(27)24(3)11-17(26)21-14-6-5-7-16(10-14)28-4/h5-7,10,13,15H,8-9,11-12H2,1-4H3,(H,21,26). The zero-order valence-corrected chi connectivity index (χ0v) is 18.0. The Morgan fingerprint density at radius 3 is 2.76 bits per heavy atom. The number of nitrogens with one attached hydrogen (secondary N) is 1. The number of carbonyl (C=O) groups is 2. The van der Waals surface area contributed by atoms with Gasteiger partial charge in [-0.2, -0.15) is 0 Å². The number of methoxy groups -OCH3 is 1. The number of thioether (sulfide) groups is 1. The molecule has 2 aromatic rings. The lowest BCUT2D eigenvalue weighted by Crippen LogP contribution is -2.36. The molecule has 1 fully saturated rings. The highest BCUT2D eigenvalue weighted by Gasteiger charge is 2.30. The van der Waals surface area contributed by atoms with Crippen LogP contribution in [0.5, 0.6) is 5.75 Å². The lowest BCUT2D eigenvalue weighted by atomic mass is 10.2. The smallest absolute Gasteiger partial charge is 0.243 e. The predicted molar refractivity (Wildman–Crippen MR) is 112 cm³/mol. The van der Waals surface area contributed by atoms with Crippen molar-refractivity contribution in [2.45, 2.75) is 43.8 Å². The van der Waals surface area contributed by atoms with Gasteiger partial charge in [0.15, 0.2) is 5.16 Å². The van der Waals surface area contributed by atoms with Gasteiger partial charge in [-0.1, -0.05) is 31.7 Å². The molecular formula is C20H27N5O3S. The number of nitrogens with zero attached hydrogens (tertiary/aromatic N) is 4. The van der Waals surface area contributed by atoms with Gasteiger partial charge in [0.05, 0.1) is 19.4 Å². The molecule has 0 unspecified atom stereocenters. The van der Waals surface area contributed by atoms with Gasteiger partial charge in [0, 0.05) is 30.8 Å². The summed E-state index contributed by atoms with van der Waals surface area (Å²) in [6, 6.07) is 7.54. The number of hydrogen-bond donors (Lipinski definition) is 1. The van der Waals surface area contributed by atoms with Crippen molar-refractivity contribution in [1.29, 1.82) is 0 Å². The summed E-state index contributed by atoms with van der Waals surface area (Å²) in [7, 11) is 3.19. The maximum atomic E-state index is 12.5. The van der Waals surface area contributed by atoms with E-state index in [1.165, 1.54) is 16.7 Å². The monoisotopic (exact) mass is 417 g/mol. The zero-order chi connectivity index (χ0) is 21.0. The SMILES string of the molecule is COc1cccc(NC(=O)CN(C)C(=O)CSc2nnc(C(C)C)n2C2CC2)c1. The van der Waals surface area contributed by atoms with Gasteiger partial charge in [0.2, 0.25) is 11.8 Å². The van der Waals surface area contributed by atoms with Crippen LogP contribution >= 0.6 is 11.8 Å². The van der Waals surface area contributed by atoms with Crippen LogP contribution in [0.25, 0.3) is 0 Å². The van der Waals surface area contributed by atoms with Crippen molar-refractivity contribution in [3.05, 3.63) is 30.1 Å². The summed E-state index contributed by atoms with van der Waals surface area (Å²) in [5, 5.41) is 12.1. The van der Waals surface area contributed by atoms with Crippen molar-refractivity contribution in [3.8, 4) is 5.75 Å². The Labute approximate surface area is 175 Å². The fraction of sp³-hybridized carbons (Fsp3) is 0.500. The second-order valence-corrected chi connectivity index (χ2v) is 8.36. The van der Waals surface area contributed by atoms with Gasteiger partial charge < -0.3 is 19.5 Å². The minimum Gasteiger partial charge on any atom is -0.497 e. The van der Waals surface area contributed by atoms with E-state index in [4.69, 9.17) is 4.74 Å². The first-order valence-corrected chi connectivity index (χ1v) is 10.6. The average Bonchev–Trinajstić information content (AvgIpc) is 3.44. The average molecular weight is 418 g/mol. The van der Waals surface area contributed by atoms with Crippen LogP contribution in [0.2, 0.25) is 0 Å². The Morgan fingerprint density at radius 2 is 2.10 bits per heavy atom. The lowest BCUT2D eigenvalue weighted by molar-refractivity contribution is -0.131. The summed E-state index contributed by atoms with van der Waals surface area (Å²) < 4.78 is 7.31. The Hall–Kier alpha value is -2.55. The third-order valence-corrected chi connectivity index (χ3v) is 5.53. The highest BCUT2D eigenvalue weighted by atomic mass is 32.2. The van der Waals surface area contributed by atoms with Gasteiger partial charge >= 0.3 is 0 Å². The molecule has 0 bridgehead atoms. The van der Waals surface area contributed by atoms with Crippen molar-refractivity contribution in [1.82, 2.24) is 19.7 Å². The number of ether oxygens (including phenoxy) is 1. The Kier molecular flexibility index (Phi) is 6.79. The normalized spacial score (nSPS) is 13.4. The van der Waals surface area contributed by atoms with Crippen molar-refractivity contribution < 1.29 is 14.3 Å². The molecule has 1 heterocycles. The molecule has 1 N–H and O–H groups in total. The molecule has 1 aromatic carbocycles. The molecule has 0 spiro atoms. The number of amides is 2. The first-order chi connectivity index (χ1) is 13.9. The van der Waals surface area contributed by atoms with E-state index in [-0.39, 0.29) is 30.0 Å². The Morgan fingerprint density at radius 1 is 1.34 bits per heavy atom. The van der Waals surface area contributed by atoms with Crippen LogP contribution in [0.1, 0.15) is 44.5 Å². The third kappa shape index (κ3) is 5.50. The lowest BCUT2D eigenvalue weighted by Gasteiger charge is -2.17. The molecule has 2 amide bonds. The van der Waals surface area contributed by atoms with Crippen LogP contribution in [0.15, 0.2) is 29.4 Å². The summed E-state index contributed by atoms with van der Waals surface area (Å²) in [5.41, 5.74) is 0.628. The topological polar surface area (TPSA) is 89.3 Å². The molecule has 0 radical (unpaired) electrons. The number of benzene rings is 1. The maximum Gasteiger partial charge on any atom is 0.243 e. The van der Waals surface area contributed by atoms with Crippen LogP contribution in [-0.4, -0.2) is 57.9 Å². The molecule has 0 atom stereocenters. The molecule has 1 saturated carbocycles. The molecule has 0 aliphatic heterocycles. The highest BCUT2D eigenvalue weighted by molar-refractivity contribution is 7.99. The number of likely N-dealkylation sites (N-methyl/N-ethyl adjacent to an activating group) is 1. The third-order valence-electron chi connectivity index (χ3n) is 4.60. The second-order valence-electron chi connectivity index (χ2n) is 7.42. The van der Waals surface area contributed by atoms with E-state index in [0.717, 1.165) is 23.8 Å². The summed E-state index contributed by atoms with van der Waals surface area (Å²) >= 11 is 1.38. The van der Waals surface area contributed by atoms with Gasteiger partial charge in [0.1, 0.15) is 11.6 Å². The quantitative estimate of drug-likeness (QED) is 0.631. The molecule has 1 aliphatic carbocycles.